The zero-order valence-electron chi connectivity index (χ0n) is 13.0. The van der Waals surface area contributed by atoms with Crippen molar-refractivity contribution in [1.29, 1.82) is 0 Å². The van der Waals surface area contributed by atoms with Crippen molar-refractivity contribution in [3.05, 3.63) is 40.7 Å². The number of ether oxygens (including phenoxy) is 2. The highest BCUT2D eigenvalue weighted by atomic mass is 19.3. The number of halogens is 2. The second-order valence-electron chi connectivity index (χ2n) is 3.48. The molecule has 5 nitrogen and oxygen atoms in total. The number of methoxy groups -OCH3 is 2. The van der Waals surface area contributed by atoms with Crippen LogP contribution in [0.1, 0.15) is 13.8 Å². The van der Waals surface area contributed by atoms with Gasteiger partial charge in [0.05, 0.1) is 19.9 Å². The first kappa shape index (κ1) is 19.6. The monoisotopic (exact) mass is 314 g/mol. The number of hydrogen-bond donors (Lipinski definition) is 1. The molecular formula is C15H20F2N2O3. The van der Waals surface area contributed by atoms with E-state index in [9.17, 15) is 13.6 Å². The zero-order chi connectivity index (χ0) is 17.0. The molecule has 0 fully saturated rings. The number of aromatic nitrogens is 2. The van der Waals surface area contributed by atoms with Crippen LogP contribution >= 0.6 is 0 Å². The number of rotatable bonds is 3. The van der Waals surface area contributed by atoms with E-state index >= 15 is 0 Å². The van der Waals surface area contributed by atoms with Crippen LogP contribution in [0.4, 0.5) is 8.78 Å². The van der Waals surface area contributed by atoms with Crippen LogP contribution in [0, 0.1) is 0 Å². The van der Waals surface area contributed by atoms with Crippen LogP contribution in [-0.4, -0.2) is 31.3 Å². The van der Waals surface area contributed by atoms with Crippen molar-refractivity contribution in [2.45, 2.75) is 13.8 Å². The average molecular weight is 314 g/mol. The second kappa shape index (κ2) is 11.2. The summed E-state index contributed by atoms with van der Waals surface area (Å²) in [4.78, 5) is 10.9. The van der Waals surface area contributed by atoms with Crippen molar-refractivity contribution in [3.8, 4) is 22.8 Å². The van der Waals surface area contributed by atoms with Crippen LogP contribution in [0.5, 0.6) is 11.5 Å². The number of alkyl halides is 2. The maximum Gasteiger partial charge on any atom is 0.264 e. The lowest BCUT2D eigenvalue weighted by atomic mass is 10.1. The van der Waals surface area contributed by atoms with Crippen LogP contribution in [0.25, 0.3) is 11.3 Å². The van der Waals surface area contributed by atoms with Crippen molar-refractivity contribution >= 4 is 0 Å². The van der Waals surface area contributed by atoms with Gasteiger partial charge in [-0.2, -0.15) is 5.10 Å². The Morgan fingerprint density at radius 1 is 1.05 bits per heavy atom. The van der Waals surface area contributed by atoms with Gasteiger partial charge in [-0.1, -0.05) is 13.8 Å². The van der Waals surface area contributed by atoms with Crippen LogP contribution in [0.2, 0.25) is 0 Å². The van der Waals surface area contributed by atoms with Crippen LogP contribution < -0.4 is 15.0 Å². The number of hydrogen-bond acceptors (Lipinski definition) is 4. The molecule has 0 aliphatic carbocycles. The van der Waals surface area contributed by atoms with E-state index in [4.69, 9.17) is 9.47 Å². The molecule has 1 aromatic heterocycles. The molecule has 0 saturated carbocycles. The minimum atomic E-state index is -1.75. The molecule has 0 aliphatic rings. The van der Waals surface area contributed by atoms with Gasteiger partial charge in [0.15, 0.2) is 11.5 Å². The van der Waals surface area contributed by atoms with Gasteiger partial charge in [-0.25, -0.2) is 13.9 Å². The second-order valence-corrected chi connectivity index (χ2v) is 3.48. The fraction of sp³-hybridized carbons (Fsp3) is 0.333. The molecular weight excluding hydrogens is 294 g/mol. The first-order valence-electron chi connectivity index (χ1n) is 6.56. The first-order chi connectivity index (χ1) is 10.7. The molecule has 22 heavy (non-hydrogen) atoms. The number of H-pyrrole nitrogens is 1. The van der Waals surface area contributed by atoms with Gasteiger partial charge in [-0.15, -0.1) is 0 Å². The maximum absolute atomic E-state index is 10.9. The van der Waals surface area contributed by atoms with Gasteiger partial charge in [0.25, 0.3) is 5.56 Å². The standard InChI is InChI=1S/C12H12N2O3.C2H6.CH2F2/c1-16-10-5-3-8(7-11(10)17-2)9-4-6-12(15)14-13-9;1-2;2-1-3/h3-7H,1-2H3,(H,14,15);1-2H3;1H2. The third kappa shape index (κ3) is 5.90. The summed E-state index contributed by atoms with van der Waals surface area (Å²) in [5, 5.41) is 6.33. The summed E-state index contributed by atoms with van der Waals surface area (Å²) >= 11 is 0. The lowest BCUT2D eigenvalue weighted by Gasteiger charge is -2.08. The van der Waals surface area contributed by atoms with Gasteiger partial charge < -0.3 is 9.47 Å². The van der Waals surface area contributed by atoms with Crippen molar-refractivity contribution in [1.82, 2.24) is 10.2 Å². The summed E-state index contributed by atoms with van der Waals surface area (Å²) in [7, 11) is 3.15. The smallest absolute Gasteiger partial charge is 0.264 e. The Kier molecular flexibility index (Phi) is 10.00. The molecule has 2 rings (SSSR count). The molecule has 1 aromatic carbocycles. The number of nitrogens with one attached hydrogen (secondary N) is 1. The van der Waals surface area contributed by atoms with Gasteiger partial charge in [0.2, 0.25) is 6.93 Å². The topological polar surface area (TPSA) is 64.2 Å². The summed E-state index contributed by atoms with van der Waals surface area (Å²) in [5.41, 5.74) is 1.29. The molecule has 0 aliphatic heterocycles. The summed E-state index contributed by atoms with van der Waals surface area (Å²) in [6.07, 6.45) is 0. The van der Waals surface area contributed by atoms with Crippen molar-refractivity contribution in [3.63, 3.8) is 0 Å². The van der Waals surface area contributed by atoms with Crippen LogP contribution in [0.15, 0.2) is 35.1 Å². The number of benzene rings is 1. The Morgan fingerprint density at radius 3 is 2.09 bits per heavy atom. The molecule has 0 unspecified atom stereocenters. The van der Waals surface area contributed by atoms with Crippen LogP contribution in [0.3, 0.4) is 0 Å². The lowest BCUT2D eigenvalue weighted by Crippen LogP contribution is -2.05. The summed E-state index contributed by atoms with van der Waals surface area (Å²) in [6.45, 7) is 2.25. The summed E-state index contributed by atoms with van der Waals surface area (Å²) in [5.74, 6) is 1.28. The number of nitrogens with zero attached hydrogens (tertiary/aromatic N) is 1. The summed E-state index contributed by atoms with van der Waals surface area (Å²) in [6, 6.07) is 8.53. The minimum Gasteiger partial charge on any atom is -0.493 e. The highest BCUT2D eigenvalue weighted by Gasteiger charge is 2.06. The highest BCUT2D eigenvalue weighted by molar-refractivity contribution is 5.63. The average Bonchev–Trinajstić information content (AvgIpc) is 2.57. The predicted octanol–water partition coefficient (Wildman–Crippen LogP) is 3.36. The Labute approximate surface area is 127 Å². The first-order valence-corrected chi connectivity index (χ1v) is 6.56. The van der Waals surface area contributed by atoms with Gasteiger partial charge in [0.1, 0.15) is 0 Å². The van der Waals surface area contributed by atoms with Crippen molar-refractivity contribution in [2.75, 3.05) is 21.1 Å². The molecule has 0 bridgehead atoms. The number of aromatic amines is 1. The van der Waals surface area contributed by atoms with E-state index in [0.29, 0.717) is 17.2 Å². The van der Waals surface area contributed by atoms with E-state index in [-0.39, 0.29) is 5.56 Å². The van der Waals surface area contributed by atoms with E-state index in [1.807, 2.05) is 19.9 Å². The third-order valence-electron chi connectivity index (χ3n) is 2.36. The van der Waals surface area contributed by atoms with Gasteiger partial charge in [-0.3, -0.25) is 4.79 Å². The van der Waals surface area contributed by atoms with Gasteiger partial charge in [-0.05, 0) is 24.3 Å². The molecule has 1 heterocycles. The molecule has 0 amide bonds. The largest absolute Gasteiger partial charge is 0.493 e. The molecule has 2 aromatic rings. The highest BCUT2D eigenvalue weighted by Crippen LogP contribution is 2.30. The predicted molar refractivity (Wildman–Crippen MR) is 81.8 cm³/mol. The molecule has 0 atom stereocenters. The Balaban J connectivity index is 0.000000789. The molecule has 0 spiro atoms. The van der Waals surface area contributed by atoms with E-state index in [1.54, 1.807) is 32.4 Å². The molecule has 7 heteroatoms. The fourth-order valence-electron chi connectivity index (χ4n) is 1.50. The Bertz CT molecular complexity index is 583. The minimum absolute atomic E-state index is 0.228. The van der Waals surface area contributed by atoms with E-state index < -0.39 is 6.93 Å². The van der Waals surface area contributed by atoms with Crippen LogP contribution in [-0.2, 0) is 0 Å². The van der Waals surface area contributed by atoms with Crippen molar-refractivity contribution < 1.29 is 18.3 Å². The summed E-state index contributed by atoms with van der Waals surface area (Å²) < 4.78 is 29.6. The quantitative estimate of drug-likeness (QED) is 0.943. The Hall–Kier alpha value is -2.44. The van der Waals surface area contributed by atoms with Gasteiger partial charge in [0, 0.05) is 11.6 Å². The van der Waals surface area contributed by atoms with E-state index in [1.165, 1.54) is 6.07 Å². The molecule has 0 radical (unpaired) electrons. The fourth-order valence-corrected chi connectivity index (χ4v) is 1.50. The normalized spacial score (nSPS) is 8.82. The van der Waals surface area contributed by atoms with E-state index in [0.717, 1.165) is 5.56 Å². The SMILES string of the molecule is CC.COc1ccc(-c2ccc(=O)[nH]n2)cc1OC.FCF. The van der Waals surface area contributed by atoms with Gasteiger partial charge >= 0.3 is 0 Å². The van der Waals surface area contributed by atoms with E-state index in [2.05, 4.69) is 10.2 Å². The Morgan fingerprint density at radius 2 is 1.64 bits per heavy atom. The van der Waals surface area contributed by atoms with Crippen molar-refractivity contribution in [2.24, 2.45) is 0 Å². The molecule has 1 N–H and O–H groups in total. The third-order valence-corrected chi connectivity index (χ3v) is 2.36. The maximum atomic E-state index is 10.9. The zero-order valence-corrected chi connectivity index (χ0v) is 13.0. The lowest BCUT2D eigenvalue weighted by molar-refractivity contribution is 0.295. The molecule has 122 valence electrons. The molecule has 0 saturated heterocycles.